The number of hydrogen-bond acceptors (Lipinski definition) is 2. The Morgan fingerprint density at radius 1 is 1.40 bits per heavy atom. The summed E-state index contributed by atoms with van der Waals surface area (Å²) in [7, 11) is 0. The van der Waals surface area contributed by atoms with E-state index in [1.165, 1.54) is 6.42 Å². The minimum absolute atomic E-state index is 0.124. The molecule has 0 aromatic rings. The third-order valence-electron chi connectivity index (χ3n) is 2.05. The standard InChI is InChI=1S/C8H16O2/c1-2-10-8-6-4-3-5-7(8)9/h7-9H,2-6H2,1H3/t7-,8-/m0/s1. The average Bonchev–Trinajstić information content (AvgIpc) is 1.94. The van der Waals surface area contributed by atoms with Gasteiger partial charge in [-0.05, 0) is 19.8 Å². The lowest BCUT2D eigenvalue weighted by Gasteiger charge is -2.26. The molecule has 0 bridgehead atoms. The van der Waals surface area contributed by atoms with Gasteiger partial charge in [0.2, 0.25) is 0 Å². The van der Waals surface area contributed by atoms with Crippen LogP contribution in [0.25, 0.3) is 0 Å². The topological polar surface area (TPSA) is 29.5 Å². The van der Waals surface area contributed by atoms with E-state index >= 15 is 0 Å². The zero-order valence-electron chi connectivity index (χ0n) is 6.55. The van der Waals surface area contributed by atoms with Crippen LogP contribution in [0.2, 0.25) is 0 Å². The SMILES string of the molecule is CCO[C@H]1CCCC[C@@H]1O. The summed E-state index contributed by atoms with van der Waals surface area (Å²) < 4.78 is 5.35. The molecule has 1 N–H and O–H groups in total. The predicted molar refractivity (Wildman–Crippen MR) is 39.9 cm³/mol. The van der Waals surface area contributed by atoms with Crippen LogP contribution in [0.1, 0.15) is 32.6 Å². The molecule has 2 nitrogen and oxygen atoms in total. The lowest BCUT2D eigenvalue weighted by molar-refractivity contribution is -0.0542. The van der Waals surface area contributed by atoms with Crippen molar-refractivity contribution in [3.05, 3.63) is 0 Å². The molecule has 2 heteroatoms. The summed E-state index contributed by atoms with van der Waals surface area (Å²) in [6.07, 6.45) is 4.25. The molecule has 0 unspecified atom stereocenters. The molecule has 0 amide bonds. The van der Waals surface area contributed by atoms with Crippen molar-refractivity contribution >= 4 is 0 Å². The summed E-state index contributed by atoms with van der Waals surface area (Å²) in [5.41, 5.74) is 0. The zero-order chi connectivity index (χ0) is 7.40. The monoisotopic (exact) mass is 144 g/mol. The highest BCUT2D eigenvalue weighted by molar-refractivity contribution is 4.74. The fourth-order valence-corrected chi connectivity index (χ4v) is 1.49. The molecule has 0 heterocycles. The largest absolute Gasteiger partial charge is 0.390 e. The van der Waals surface area contributed by atoms with Gasteiger partial charge in [-0.15, -0.1) is 0 Å². The second-order valence-corrected chi connectivity index (χ2v) is 2.85. The number of rotatable bonds is 2. The van der Waals surface area contributed by atoms with E-state index in [0.717, 1.165) is 25.9 Å². The highest BCUT2D eigenvalue weighted by Crippen LogP contribution is 2.20. The molecular weight excluding hydrogens is 128 g/mol. The molecule has 1 saturated carbocycles. The summed E-state index contributed by atoms with van der Waals surface area (Å²) in [4.78, 5) is 0. The molecule has 0 saturated heterocycles. The van der Waals surface area contributed by atoms with Crippen molar-refractivity contribution in [1.82, 2.24) is 0 Å². The van der Waals surface area contributed by atoms with Gasteiger partial charge in [-0.2, -0.15) is 0 Å². The fraction of sp³-hybridized carbons (Fsp3) is 1.00. The minimum Gasteiger partial charge on any atom is -0.390 e. The van der Waals surface area contributed by atoms with Gasteiger partial charge in [0.05, 0.1) is 12.2 Å². The van der Waals surface area contributed by atoms with Crippen molar-refractivity contribution in [2.45, 2.75) is 44.8 Å². The quantitative estimate of drug-likeness (QED) is 0.633. The van der Waals surface area contributed by atoms with Gasteiger partial charge in [0.15, 0.2) is 0 Å². The first kappa shape index (κ1) is 8.02. The summed E-state index contributed by atoms with van der Waals surface area (Å²) in [5, 5.41) is 9.38. The molecule has 0 aliphatic heterocycles. The lowest BCUT2D eigenvalue weighted by atomic mass is 9.95. The van der Waals surface area contributed by atoms with E-state index in [-0.39, 0.29) is 12.2 Å². The number of hydrogen-bond donors (Lipinski definition) is 1. The first-order chi connectivity index (χ1) is 4.84. The molecule has 1 aliphatic rings. The van der Waals surface area contributed by atoms with Crippen molar-refractivity contribution in [2.75, 3.05) is 6.61 Å². The Kier molecular flexibility index (Phi) is 3.16. The smallest absolute Gasteiger partial charge is 0.0833 e. The van der Waals surface area contributed by atoms with E-state index in [2.05, 4.69) is 0 Å². The molecular formula is C8H16O2. The van der Waals surface area contributed by atoms with Crippen molar-refractivity contribution in [3.63, 3.8) is 0 Å². The van der Waals surface area contributed by atoms with Gasteiger partial charge in [-0.25, -0.2) is 0 Å². The summed E-state index contributed by atoms with van der Waals surface area (Å²) in [5.74, 6) is 0. The molecule has 10 heavy (non-hydrogen) atoms. The molecule has 1 rings (SSSR count). The van der Waals surface area contributed by atoms with E-state index in [1.54, 1.807) is 0 Å². The molecule has 60 valence electrons. The summed E-state index contributed by atoms with van der Waals surface area (Å²) >= 11 is 0. The van der Waals surface area contributed by atoms with Gasteiger partial charge in [0.25, 0.3) is 0 Å². The first-order valence-corrected chi connectivity index (χ1v) is 4.14. The molecule has 1 aliphatic carbocycles. The average molecular weight is 144 g/mol. The summed E-state index contributed by atoms with van der Waals surface area (Å²) in [6.45, 7) is 2.70. The third kappa shape index (κ3) is 1.96. The second-order valence-electron chi connectivity index (χ2n) is 2.85. The van der Waals surface area contributed by atoms with Crippen LogP contribution < -0.4 is 0 Å². The van der Waals surface area contributed by atoms with Crippen LogP contribution in [0.4, 0.5) is 0 Å². The maximum absolute atomic E-state index is 9.38. The van der Waals surface area contributed by atoms with E-state index in [4.69, 9.17) is 4.74 Å². The van der Waals surface area contributed by atoms with Crippen molar-refractivity contribution < 1.29 is 9.84 Å². The third-order valence-corrected chi connectivity index (χ3v) is 2.05. The predicted octanol–water partition coefficient (Wildman–Crippen LogP) is 1.33. The molecule has 2 atom stereocenters. The van der Waals surface area contributed by atoms with E-state index in [9.17, 15) is 5.11 Å². The number of aliphatic hydroxyl groups excluding tert-OH is 1. The van der Waals surface area contributed by atoms with Crippen LogP contribution in [0.3, 0.4) is 0 Å². The maximum Gasteiger partial charge on any atom is 0.0833 e. The highest BCUT2D eigenvalue weighted by Gasteiger charge is 2.22. The highest BCUT2D eigenvalue weighted by atomic mass is 16.5. The fourth-order valence-electron chi connectivity index (χ4n) is 1.49. The second kappa shape index (κ2) is 3.94. The zero-order valence-corrected chi connectivity index (χ0v) is 6.55. The molecule has 0 aromatic heterocycles. The Labute approximate surface area is 62.2 Å². The Hall–Kier alpha value is -0.0800. The first-order valence-electron chi connectivity index (χ1n) is 4.14. The minimum atomic E-state index is -0.200. The Morgan fingerprint density at radius 2 is 2.10 bits per heavy atom. The molecule has 0 radical (unpaired) electrons. The Morgan fingerprint density at radius 3 is 2.70 bits per heavy atom. The van der Waals surface area contributed by atoms with Crippen LogP contribution in [0, 0.1) is 0 Å². The van der Waals surface area contributed by atoms with Gasteiger partial charge in [0.1, 0.15) is 0 Å². The van der Waals surface area contributed by atoms with Crippen molar-refractivity contribution in [3.8, 4) is 0 Å². The van der Waals surface area contributed by atoms with Crippen LogP contribution in [-0.4, -0.2) is 23.9 Å². The van der Waals surface area contributed by atoms with Crippen LogP contribution in [0.5, 0.6) is 0 Å². The Balaban J connectivity index is 2.25. The number of ether oxygens (including phenoxy) is 1. The van der Waals surface area contributed by atoms with E-state index in [0.29, 0.717) is 0 Å². The Bertz CT molecular complexity index is 91.3. The van der Waals surface area contributed by atoms with Gasteiger partial charge in [-0.3, -0.25) is 0 Å². The lowest BCUT2D eigenvalue weighted by Crippen LogP contribution is -2.32. The van der Waals surface area contributed by atoms with Gasteiger partial charge in [-0.1, -0.05) is 12.8 Å². The van der Waals surface area contributed by atoms with Gasteiger partial charge >= 0.3 is 0 Å². The number of aliphatic hydroxyl groups is 1. The normalized spacial score (nSPS) is 34.2. The van der Waals surface area contributed by atoms with Crippen LogP contribution in [-0.2, 0) is 4.74 Å². The maximum atomic E-state index is 9.38. The molecule has 0 spiro atoms. The van der Waals surface area contributed by atoms with Crippen LogP contribution in [0.15, 0.2) is 0 Å². The molecule has 1 fully saturated rings. The summed E-state index contributed by atoms with van der Waals surface area (Å²) in [6, 6.07) is 0. The van der Waals surface area contributed by atoms with Gasteiger partial charge in [0, 0.05) is 6.61 Å². The van der Waals surface area contributed by atoms with E-state index < -0.39 is 0 Å². The van der Waals surface area contributed by atoms with Crippen molar-refractivity contribution in [2.24, 2.45) is 0 Å². The van der Waals surface area contributed by atoms with Gasteiger partial charge < -0.3 is 9.84 Å². The van der Waals surface area contributed by atoms with Crippen LogP contribution >= 0.6 is 0 Å². The molecule has 0 aromatic carbocycles. The van der Waals surface area contributed by atoms with Crippen molar-refractivity contribution in [1.29, 1.82) is 0 Å². The van der Waals surface area contributed by atoms with E-state index in [1.807, 2.05) is 6.92 Å².